The maximum absolute atomic E-state index is 9.27. The number of nitrogens with one attached hydrogen (secondary N) is 1. The zero-order chi connectivity index (χ0) is 4.28. The summed E-state index contributed by atoms with van der Waals surface area (Å²) in [6.45, 7) is 0. The van der Waals surface area contributed by atoms with Gasteiger partial charge in [0.1, 0.15) is 0 Å². The summed E-state index contributed by atoms with van der Waals surface area (Å²) >= 11 is 0. The van der Waals surface area contributed by atoms with Crippen LogP contribution in [-0.2, 0) is 4.57 Å². The van der Waals surface area contributed by atoms with Gasteiger partial charge in [-0.2, -0.15) is 4.89 Å². The Hall–Kier alpha value is -0.270. The van der Waals surface area contributed by atoms with Gasteiger partial charge >= 0.3 is 8.03 Å². The van der Waals surface area contributed by atoms with E-state index in [1.165, 1.54) is 0 Å². The van der Waals surface area contributed by atoms with Gasteiger partial charge in [-0.3, -0.25) is 5.41 Å². The fourth-order valence-corrected chi connectivity index (χ4v) is 0. The van der Waals surface area contributed by atoms with Crippen molar-refractivity contribution in [3.05, 3.63) is 0 Å². The lowest BCUT2D eigenvalue weighted by atomic mass is 11.7. The summed E-state index contributed by atoms with van der Waals surface area (Å²) in [5, 5.41) is 6.00. The van der Waals surface area contributed by atoms with E-state index >= 15 is 0 Å². The second-order valence-electron chi connectivity index (χ2n) is 0.432. The summed E-state index contributed by atoms with van der Waals surface area (Å²) in [5.41, 5.74) is 0. The van der Waals surface area contributed by atoms with Crippen molar-refractivity contribution in [2.45, 2.75) is 0 Å². The van der Waals surface area contributed by atoms with E-state index in [9.17, 15) is 4.57 Å². The summed E-state index contributed by atoms with van der Waals surface area (Å²) in [6, 6.07) is 0. The van der Waals surface area contributed by atoms with Gasteiger partial charge in [0, 0.05) is 0 Å². The van der Waals surface area contributed by atoms with Crippen molar-refractivity contribution in [3.63, 3.8) is 0 Å². The summed E-state index contributed by atoms with van der Waals surface area (Å²) in [7, 11) is -2.31. The van der Waals surface area contributed by atoms with Crippen molar-refractivity contribution < 1.29 is 9.46 Å². The van der Waals surface area contributed by atoms with Crippen LogP contribution in [0.4, 0.5) is 0 Å². The fraction of sp³-hybridized carbons (Fsp3) is 0. The van der Waals surface area contributed by atoms with Crippen LogP contribution in [0.5, 0.6) is 0 Å². The normalized spacial score (nSPS) is 10.2. The average Bonchev–Trinajstić information content (AvgIpc) is 1.38. The lowest BCUT2D eigenvalue weighted by Crippen LogP contribution is -1.48. The molecule has 0 aliphatic rings. The summed E-state index contributed by atoms with van der Waals surface area (Å²) < 4.78 is 9.27. The Bertz CT molecular complexity index is 60.7. The van der Waals surface area contributed by atoms with Crippen LogP contribution in [-0.4, -0.2) is 10.8 Å². The van der Waals surface area contributed by atoms with Crippen LogP contribution in [0.25, 0.3) is 0 Å². The minimum Gasteiger partial charge on any atom is -0.262 e. The molecule has 0 saturated carbocycles. The van der Waals surface area contributed by atoms with E-state index in [1.807, 2.05) is 0 Å². The molecule has 0 radical (unpaired) electrons. The second kappa shape index (κ2) is 2.00. The largest absolute Gasteiger partial charge is 0.557 e. The molecular formula is CH3NO2P+. The van der Waals surface area contributed by atoms with Gasteiger partial charge in [-0.1, -0.05) is 0 Å². The summed E-state index contributed by atoms with van der Waals surface area (Å²) in [4.78, 5) is 7.63. The van der Waals surface area contributed by atoms with Crippen molar-refractivity contribution in [1.29, 1.82) is 5.41 Å². The lowest BCUT2D eigenvalue weighted by Gasteiger charge is -1.41. The molecule has 0 rings (SSSR count). The molecule has 0 aromatic carbocycles. The topological polar surface area (TPSA) is 61.2 Å². The van der Waals surface area contributed by atoms with E-state index in [0.29, 0.717) is 5.96 Å². The number of hydrogen-bond donors (Lipinski definition) is 2. The molecule has 0 amide bonds. The molecule has 0 heterocycles. The van der Waals surface area contributed by atoms with Gasteiger partial charge in [0.05, 0.1) is 0 Å². The smallest absolute Gasteiger partial charge is 0.262 e. The molecule has 0 fully saturated rings. The maximum atomic E-state index is 9.27. The minimum atomic E-state index is -2.31. The summed E-state index contributed by atoms with van der Waals surface area (Å²) in [6.07, 6.45) is 0. The molecule has 0 aliphatic carbocycles. The first kappa shape index (κ1) is 4.73. The molecule has 0 saturated heterocycles. The quantitative estimate of drug-likeness (QED) is 0.361. The fourth-order valence-electron chi connectivity index (χ4n) is 0. The first-order chi connectivity index (χ1) is 2.27. The van der Waals surface area contributed by atoms with Gasteiger partial charge in [0.2, 0.25) is 0 Å². The van der Waals surface area contributed by atoms with Crippen LogP contribution in [0.1, 0.15) is 0 Å². The first-order valence-electron chi connectivity index (χ1n) is 0.929. The molecule has 0 bridgehead atoms. The molecule has 0 aliphatic heterocycles. The van der Waals surface area contributed by atoms with Crippen LogP contribution in [0.3, 0.4) is 0 Å². The van der Waals surface area contributed by atoms with Crippen molar-refractivity contribution in [2.24, 2.45) is 0 Å². The van der Waals surface area contributed by atoms with Crippen molar-refractivity contribution in [3.8, 4) is 0 Å². The Morgan fingerprint density at radius 3 is 2.20 bits per heavy atom. The Kier molecular flexibility index (Phi) is 1.89. The molecule has 1 unspecified atom stereocenters. The molecule has 2 N–H and O–H groups in total. The zero-order valence-corrected chi connectivity index (χ0v) is 3.27. The third-order valence-electron chi connectivity index (χ3n) is 0.110. The van der Waals surface area contributed by atoms with E-state index in [-0.39, 0.29) is 0 Å². The highest BCUT2D eigenvalue weighted by molar-refractivity contribution is 7.55. The van der Waals surface area contributed by atoms with Crippen LogP contribution in [0.2, 0.25) is 0 Å². The van der Waals surface area contributed by atoms with Gasteiger partial charge < -0.3 is 0 Å². The molecule has 0 aromatic rings. The van der Waals surface area contributed by atoms with Crippen LogP contribution in [0, 0.1) is 5.41 Å². The lowest BCUT2D eigenvalue weighted by molar-refractivity contribution is 0.516. The van der Waals surface area contributed by atoms with E-state index < -0.39 is 8.03 Å². The second-order valence-corrected chi connectivity index (χ2v) is 1.29. The number of rotatable bonds is 1. The molecule has 1 atom stereocenters. The van der Waals surface area contributed by atoms with Gasteiger partial charge in [0.25, 0.3) is 5.96 Å². The predicted molar refractivity (Wildman–Crippen MR) is 18.6 cm³/mol. The van der Waals surface area contributed by atoms with Crippen LogP contribution < -0.4 is 0 Å². The molecule has 28 valence electrons. The van der Waals surface area contributed by atoms with E-state index in [2.05, 4.69) is 0 Å². The summed E-state index contributed by atoms with van der Waals surface area (Å²) in [5.74, 6) is 0.481. The monoisotopic (exact) mass is 92.0 g/mol. The van der Waals surface area contributed by atoms with Crippen molar-refractivity contribution >= 4 is 14.0 Å². The van der Waals surface area contributed by atoms with Crippen LogP contribution in [0.15, 0.2) is 0 Å². The average molecular weight is 92.0 g/mol. The molecular weight excluding hydrogens is 89.0 g/mol. The Morgan fingerprint density at radius 1 is 2.00 bits per heavy atom. The molecule has 4 heteroatoms. The van der Waals surface area contributed by atoms with Gasteiger partial charge in [-0.05, 0) is 4.57 Å². The SMILES string of the molecule is N=C[P+](=O)O. The van der Waals surface area contributed by atoms with Crippen molar-refractivity contribution in [2.75, 3.05) is 0 Å². The third kappa shape index (κ3) is 3.73. The first-order valence-corrected chi connectivity index (χ1v) is 2.21. The molecule has 0 spiro atoms. The molecule has 5 heavy (non-hydrogen) atoms. The highest BCUT2D eigenvalue weighted by Gasteiger charge is 1.96. The maximum Gasteiger partial charge on any atom is 0.557 e. The molecule has 3 nitrogen and oxygen atoms in total. The van der Waals surface area contributed by atoms with Crippen molar-refractivity contribution in [1.82, 2.24) is 0 Å². The Morgan fingerprint density at radius 2 is 2.20 bits per heavy atom. The van der Waals surface area contributed by atoms with E-state index in [1.54, 1.807) is 0 Å². The van der Waals surface area contributed by atoms with Crippen LogP contribution >= 0.6 is 8.03 Å². The Labute approximate surface area is 30.0 Å². The standard InChI is InChI=1S/CH2NO2P/c2-1-5(3)4/h1-2H/p+1. The zero-order valence-electron chi connectivity index (χ0n) is 2.38. The van der Waals surface area contributed by atoms with E-state index in [0.717, 1.165) is 0 Å². The third-order valence-corrected chi connectivity index (χ3v) is 0.331. The minimum absolute atomic E-state index is 0.481. The highest BCUT2D eigenvalue weighted by Crippen LogP contribution is 2.02. The van der Waals surface area contributed by atoms with Gasteiger partial charge in [-0.25, -0.2) is 0 Å². The van der Waals surface area contributed by atoms with Gasteiger partial charge in [0.15, 0.2) is 0 Å². The highest BCUT2D eigenvalue weighted by atomic mass is 31.1. The predicted octanol–water partition coefficient (Wildman–Crippen LogP) is 0.328. The molecule has 0 aromatic heterocycles. The Balaban J connectivity index is 3.20. The van der Waals surface area contributed by atoms with E-state index in [4.69, 9.17) is 10.3 Å². The number of hydrogen-bond acceptors (Lipinski definition) is 2. The van der Waals surface area contributed by atoms with Gasteiger partial charge in [-0.15, -0.1) is 0 Å².